The van der Waals surface area contributed by atoms with E-state index in [4.69, 9.17) is 0 Å². The molecule has 0 atom stereocenters. The number of thiazole rings is 1. The molecule has 19 heavy (non-hydrogen) atoms. The van der Waals surface area contributed by atoms with Crippen LogP contribution in [0, 0.1) is 0 Å². The lowest BCUT2D eigenvalue weighted by molar-refractivity contribution is 0.579. The molecule has 2 heterocycles. The van der Waals surface area contributed by atoms with E-state index in [-0.39, 0.29) is 16.3 Å². The van der Waals surface area contributed by atoms with Gasteiger partial charge in [-0.1, -0.05) is 11.3 Å². The molecule has 0 aromatic carbocycles. The third-order valence-electron chi connectivity index (χ3n) is 2.35. The van der Waals surface area contributed by atoms with Crippen molar-refractivity contribution in [1.82, 2.24) is 15.0 Å². The Kier molecular flexibility index (Phi) is 4.53. The summed E-state index contributed by atoms with van der Waals surface area (Å²) in [4.78, 5) is 14.4. The average Bonchev–Trinajstić information content (AvgIpc) is 2.97. The molecule has 9 heteroatoms. The SMILES string of the molecule is CNCc1sccc1S(=O)(=O)NCc1csc(=O)[nH]1. The van der Waals surface area contributed by atoms with E-state index >= 15 is 0 Å². The number of nitrogens with one attached hydrogen (secondary N) is 3. The molecule has 0 fully saturated rings. The van der Waals surface area contributed by atoms with Crippen molar-refractivity contribution in [2.45, 2.75) is 18.0 Å². The van der Waals surface area contributed by atoms with Gasteiger partial charge in [0, 0.05) is 22.5 Å². The number of hydrogen-bond donors (Lipinski definition) is 3. The van der Waals surface area contributed by atoms with Gasteiger partial charge in [-0.05, 0) is 18.5 Å². The Labute approximate surface area is 118 Å². The van der Waals surface area contributed by atoms with Crippen LogP contribution in [-0.4, -0.2) is 20.4 Å². The first-order valence-corrected chi connectivity index (χ1v) is 8.64. The predicted molar refractivity (Wildman–Crippen MR) is 76.0 cm³/mol. The van der Waals surface area contributed by atoms with Gasteiger partial charge in [0.2, 0.25) is 10.0 Å². The lowest BCUT2D eigenvalue weighted by atomic mass is 10.5. The van der Waals surface area contributed by atoms with Crippen molar-refractivity contribution in [3.8, 4) is 0 Å². The highest BCUT2D eigenvalue weighted by molar-refractivity contribution is 7.89. The number of thiophene rings is 1. The van der Waals surface area contributed by atoms with E-state index < -0.39 is 10.0 Å². The third kappa shape index (κ3) is 3.51. The van der Waals surface area contributed by atoms with Gasteiger partial charge in [0.1, 0.15) is 0 Å². The first kappa shape index (κ1) is 14.4. The second kappa shape index (κ2) is 5.97. The van der Waals surface area contributed by atoms with Crippen molar-refractivity contribution >= 4 is 32.7 Å². The maximum absolute atomic E-state index is 12.1. The Bertz CT molecular complexity index is 699. The summed E-state index contributed by atoms with van der Waals surface area (Å²) in [7, 11) is -1.79. The fourth-order valence-electron chi connectivity index (χ4n) is 1.51. The molecule has 0 radical (unpaired) electrons. The molecule has 0 spiro atoms. The summed E-state index contributed by atoms with van der Waals surface area (Å²) < 4.78 is 26.8. The molecule has 6 nitrogen and oxygen atoms in total. The zero-order valence-corrected chi connectivity index (χ0v) is 12.5. The average molecular weight is 319 g/mol. The molecular formula is C10H13N3O3S3. The van der Waals surface area contributed by atoms with Gasteiger partial charge in [-0.3, -0.25) is 4.79 Å². The van der Waals surface area contributed by atoms with Gasteiger partial charge >= 0.3 is 4.87 Å². The van der Waals surface area contributed by atoms with Crippen molar-refractivity contribution in [2.75, 3.05) is 7.05 Å². The summed E-state index contributed by atoms with van der Waals surface area (Å²) in [5, 5.41) is 6.28. The van der Waals surface area contributed by atoms with Gasteiger partial charge in [-0.2, -0.15) is 0 Å². The van der Waals surface area contributed by atoms with Crippen LogP contribution < -0.4 is 14.9 Å². The van der Waals surface area contributed by atoms with Crippen LogP contribution >= 0.6 is 22.7 Å². The maximum atomic E-state index is 12.1. The summed E-state index contributed by atoms with van der Waals surface area (Å²) in [5.41, 5.74) is 0.559. The molecule has 0 aliphatic heterocycles. The number of H-pyrrole nitrogens is 1. The first-order chi connectivity index (χ1) is 9.03. The van der Waals surface area contributed by atoms with E-state index in [1.54, 1.807) is 23.9 Å². The summed E-state index contributed by atoms with van der Waals surface area (Å²) in [5.74, 6) is 0. The molecule has 3 N–H and O–H groups in total. The van der Waals surface area contributed by atoms with Crippen LogP contribution in [0.15, 0.2) is 26.5 Å². The lowest BCUT2D eigenvalue weighted by Gasteiger charge is -2.06. The normalized spacial score (nSPS) is 11.8. The quantitative estimate of drug-likeness (QED) is 0.731. The molecule has 0 aliphatic carbocycles. The minimum absolute atomic E-state index is 0.0793. The number of aromatic nitrogens is 1. The van der Waals surface area contributed by atoms with Gasteiger partial charge in [0.15, 0.2) is 0 Å². The molecule has 0 unspecified atom stereocenters. The van der Waals surface area contributed by atoms with Crippen LogP contribution in [0.1, 0.15) is 10.6 Å². The highest BCUT2D eigenvalue weighted by Gasteiger charge is 2.19. The smallest absolute Gasteiger partial charge is 0.304 e. The Morgan fingerprint density at radius 3 is 2.74 bits per heavy atom. The Balaban J connectivity index is 2.13. The first-order valence-electron chi connectivity index (χ1n) is 5.40. The van der Waals surface area contributed by atoms with Gasteiger partial charge in [0.25, 0.3) is 0 Å². The summed E-state index contributed by atoms with van der Waals surface area (Å²) in [6.07, 6.45) is 0. The van der Waals surface area contributed by atoms with Crippen LogP contribution in [0.4, 0.5) is 0 Å². The number of rotatable bonds is 6. The van der Waals surface area contributed by atoms with E-state index in [0.717, 1.165) is 16.2 Å². The molecule has 2 aromatic heterocycles. The predicted octanol–water partition coefficient (Wildman–Crippen LogP) is 0.696. The Morgan fingerprint density at radius 1 is 1.32 bits per heavy atom. The zero-order chi connectivity index (χ0) is 13.9. The summed E-state index contributed by atoms with van der Waals surface area (Å²) >= 11 is 2.40. The van der Waals surface area contributed by atoms with E-state index in [2.05, 4.69) is 15.0 Å². The number of sulfonamides is 1. The zero-order valence-electron chi connectivity index (χ0n) is 10.1. The van der Waals surface area contributed by atoms with E-state index in [1.165, 1.54) is 11.3 Å². The lowest BCUT2D eigenvalue weighted by Crippen LogP contribution is -2.24. The molecular weight excluding hydrogens is 306 g/mol. The van der Waals surface area contributed by atoms with Gasteiger partial charge in [-0.15, -0.1) is 11.3 Å². The fraction of sp³-hybridized carbons (Fsp3) is 0.300. The molecule has 2 rings (SSSR count). The molecule has 0 aliphatic rings. The Morgan fingerprint density at radius 2 is 2.11 bits per heavy atom. The third-order valence-corrected chi connectivity index (χ3v) is 5.61. The second-order valence-electron chi connectivity index (χ2n) is 3.74. The standard InChI is InChI=1S/C10H13N3O3S3/c1-11-5-8-9(2-3-17-8)19(15,16)12-4-7-6-18-10(14)13-7/h2-3,6,11-12H,4-5H2,1H3,(H,13,14). The molecule has 0 amide bonds. The van der Waals surface area contributed by atoms with Gasteiger partial charge in [-0.25, -0.2) is 13.1 Å². The van der Waals surface area contributed by atoms with Crippen LogP contribution in [0.2, 0.25) is 0 Å². The number of aromatic amines is 1. The fourth-order valence-corrected chi connectivity index (χ4v) is 4.55. The van der Waals surface area contributed by atoms with Crippen molar-refractivity contribution in [2.24, 2.45) is 0 Å². The maximum Gasteiger partial charge on any atom is 0.304 e. The number of hydrogen-bond acceptors (Lipinski definition) is 6. The second-order valence-corrected chi connectivity index (χ2v) is 7.31. The molecule has 0 saturated heterocycles. The van der Waals surface area contributed by atoms with Crippen molar-refractivity contribution in [3.05, 3.63) is 37.1 Å². The Hall–Kier alpha value is -1.00. The summed E-state index contributed by atoms with van der Waals surface area (Å²) in [6.45, 7) is 0.582. The van der Waals surface area contributed by atoms with E-state index in [9.17, 15) is 13.2 Å². The van der Waals surface area contributed by atoms with Crippen LogP contribution in [-0.2, 0) is 23.1 Å². The molecule has 0 saturated carbocycles. The monoisotopic (exact) mass is 319 g/mol. The van der Waals surface area contributed by atoms with Gasteiger partial charge in [0.05, 0.1) is 11.4 Å². The highest BCUT2D eigenvalue weighted by Crippen LogP contribution is 2.21. The molecule has 104 valence electrons. The largest absolute Gasteiger partial charge is 0.315 e. The van der Waals surface area contributed by atoms with E-state index in [0.29, 0.717) is 12.2 Å². The van der Waals surface area contributed by atoms with Gasteiger partial charge < -0.3 is 10.3 Å². The molecule has 2 aromatic rings. The van der Waals surface area contributed by atoms with Crippen LogP contribution in [0.3, 0.4) is 0 Å². The molecule has 0 bridgehead atoms. The van der Waals surface area contributed by atoms with Crippen molar-refractivity contribution < 1.29 is 8.42 Å². The topological polar surface area (TPSA) is 91.1 Å². The van der Waals surface area contributed by atoms with E-state index in [1.807, 2.05) is 0 Å². The van der Waals surface area contributed by atoms with Crippen molar-refractivity contribution in [3.63, 3.8) is 0 Å². The highest BCUT2D eigenvalue weighted by atomic mass is 32.2. The van der Waals surface area contributed by atoms with Crippen LogP contribution in [0.25, 0.3) is 0 Å². The van der Waals surface area contributed by atoms with Crippen LogP contribution in [0.5, 0.6) is 0 Å². The minimum atomic E-state index is -3.56. The van der Waals surface area contributed by atoms with Crippen molar-refractivity contribution in [1.29, 1.82) is 0 Å². The minimum Gasteiger partial charge on any atom is -0.315 e. The summed E-state index contributed by atoms with van der Waals surface area (Å²) in [6, 6.07) is 1.58.